The lowest BCUT2D eigenvalue weighted by molar-refractivity contribution is 0.0487. The molecule has 0 aromatic heterocycles. The van der Waals surface area contributed by atoms with E-state index in [4.69, 9.17) is 9.47 Å². The van der Waals surface area contributed by atoms with Crippen LogP contribution in [0.1, 0.15) is 17.2 Å². The highest BCUT2D eigenvalue weighted by Crippen LogP contribution is 2.32. The van der Waals surface area contributed by atoms with Crippen LogP contribution >= 0.6 is 0 Å². The van der Waals surface area contributed by atoms with Gasteiger partial charge in [-0.15, -0.1) is 0 Å². The second-order valence-corrected chi connectivity index (χ2v) is 4.13. The average Bonchev–Trinajstić information content (AvgIpc) is 2.45. The molecule has 0 amide bonds. The Hall–Kier alpha value is -1.98. The third kappa shape index (κ3) is 2.95. The Morgan fingerprint density at radius 3 is 2.35 bits per heavy atom. The van der Waals surface area contributed by atoms with E-state index in [0.29, 0.717) is 5.75 Å². The van der Waals surface area contributed by atoms with E-state index in [2.05, 4.69) is 0 Å². The smallest absolute Gasteiger partial charge is 0.188 e. The lowest BCUT2D eigenvalue weighted by Crippen LogP contribution is -2.09. The number of para-hydroxylation sites is 1. The first-order chi connectivity index (χ1) is 9.65. The van der Waals surface area contributed by atoms with Crippen molar-refractivity contribution in [1.82, 2.24) is 0 Å². The standard InChI is InChI=1S/C15H14F2O3/c1-19-9-20-13-8-3-2-5-10(13)15(18)14-11(16)6-4-7-12(14)17/h2-8,15,18H,9H2,1H3. The van der Waals surface area contributed by atoms with Crippen molar-refractivity contribution in [1.29, 1.82) is 0 Å². The van der Waals surface area contributed by atoms with Gasteiger partial charge in [-0.2, -0.15) is 0 Å². The molecule has 0 aliphatic heterocycles. The molecule has 0 saturated carbocycles. The normalized spacial score (nSPS) is 12.2. The number of aliphatic hydroxyl groups excluding tert-OH is 1. The van der Waals surface area contributed by atoms with Gasteiger partial charge in [0.15, 0.2) is 6.79 Å². The number of hydrogen-bond donors (Lipinski definition) is 1. The maximum Gasteiger partial charge on any atom is 0.188 e. The van der Waals surface area contributed by atoms with Crippen molar-refractivity contribution in [3.63, 3.8) is 0 Å². The molecular weight excluding hydrogens is 266 g/mol. The summed E-state index contributed by atoms with van der Waals surface area (Å²) in [5.74, 6) is -1.30. The second-order valence-electron chi connectivity index (χ2n) is 4.13. The van der Waals surface area contributed by atoms with E-state index in [0.717, 1.165) is 12.1 Å². The van der Waals surface area contributed by atoms with Crippen LogP contribution in [-0.4, -0.2) is 19.0 Å². The zero-order chi connectivity index (χ0) is 14.5. The first kappa shape index (κ1) is 14.4. The average molecular weight is 280 g/mol. The number of ether oxygens (including phenoxy) is 2. The molecule has 1 N–H and O–H groups in total. The van der Waals surface area contributed by atoms with Gasteiger partial charge in [-0.25, -0.2) is 8.78 Å². The zero-order valence-electron chi connectivity index (χ0n) is 10.8. The SMILES string of the molecule is COCOc1ccccc1C(O)c1c(F)cccc1F. The van der Waals surface area contributed by atoms with Gasteiger partial charge in [0.05, 0.1) is 5.56 Å². The molecule has 0 heterocycles. The van der Waals surface area contributed by atoms with E-state index < -0.39 is 23.3 Å². The van der Waals surface area contributed by atoms with E-state index >= 15 is 0 Å². The molecule has 1 unspecified atom stereocenters. The summed E-state index contributed by atoms with van der Waals surface area (Å²) in [5, 5.41) is 10.2. The fraction of sp³-hybridized carbons (Fsp3) is 0.200. The fourth-order valence-corrected chi connectivity index (χ4v) is 1.89. The molecule has 0 aliphatic carbocycles. The van der Waals surface area contributed by atoms with Crippen LogP contribution in [0.2, 0.25) is 0 Å². The summed E-state index contributed by atoms with van der Waals surface area (Å²) in [6.07, 6.45) is -1.45. The minimum Gasteiger partial charge on any atom is -0.467 e. The van der Waals surface area contributed by atoms with Crippen LogP contribution in [0.25, 0.3) is 0 Å². The summed E-state index contributed by atoms with van der Waals surface area (Å²) in [6.45, 7) is -0.0243. The minimum atomic E-state index is -1.45. The first-order valence-corrected chi connectivity index (χ1v) is 5.97. The van der Waals surface area contributed by atoms with Crippen LogP contribution in [0.3, 0.4) is 0 Å². The topological polar surface area (TPSA) is 38.7 Å². The van der Waals surface area contributed by atoms with E-state index in [1.165, 1.54) is 13.2 Å². The Morgan fingerprint density at radius 2 is 1.70 bits per heavy atom. The second kappa shape index (κ2) is 6.45. The van der Waals surface area contributed by atoms with Gasteiger partial charge < -0.3 is 14.6 Å². The van der Waals surface area contributed by atoms with E-state index in [1.54, 1.807) is 24.3 Å². The predicted molar refractivity (Wildman–Crippen MR) is 69.4 cm³/mol. The molecule has 0 fully saturated rings. The number of rotatable bonds is 5. The third-order valence-electron chi connectivity index (χ3n) is 2.82. The molecule has 2 aromatic carbocycles. The highest BCUT2D eigenvalue weighted by Gasteiger charge is 2.22. The maximum atomic E-state index is 13.7. The third-order valence-corrected chi connectivity index (χ3v) is 2.82. The molecule has 3 nitrogen and oxygen atoms in total. The molecule has 0 saturated heterocycles. The lowest BCUT2D eigenvalue weighted by Gasteiger charge is -2.17. The summed E-state index contributed by atoms with van der Waals surface area (Å²) in [6, 6.07) is 9.92. The quantitative estimate of drug-likeness (QED) is 0.856. The molecule has 0 bridgehead atoms. The largest absolute Gasteiger partial charge is 0.467 e. The van der Waals surface area contributed by atoms with Crippen molar-refractivity contribution in [3.05, 3.63) is 65.2 Å². The van der Waals surface area contributed by atoms with Gasteiger partial charge >= 0.3 is 0 Å². The summed E-state index contributed by atoms with van der Waals surface area (Å²) < 4.78 is 37.5. The Morgan fingerprint density at radius 1 is 1.05 bits per heavy atom. The summed E-state index contributed by atoms with van der Waals surface area (Å²) in [7, 11) is 1.45. The van der Waals surface area contributed by atoms with Gasteiger partial charge in [0.1, 0.15) is 23.5 Å². The molecule has 5 heteroatoms. The van der Waals surface area contributed by atoms with Crippen LogP contribution in [0.5, 0.6) is 5.75 Å². The van der Waals surface area contributed by atoms with E-state index in [1.807, 2.05) is 0 Å². The van der Waals surface area contributed by atoms with Crippen molar-refractivity contribution < 1.29 is 23.4 Å². The van der Waals surface area contributed by atoms with Crippen molar-refractivity contribution in [3.8, 4) is 5.75 Å². The number of benzene rings is 2. The van der Waals surface area contributed by atoms with Gasteiger partial charge in [-0.3, -0.25) is 0 Å². The van der Waals surface area contributed by atoms with Gasteiger partial charge in [-0.1, -0.05) is 24.3 Å². The molecule has 20 heavy (non-hydrogen) atoms. The van der Waals surface area contributed by atoms with Crippen LogP contribution in [-0.2, 0) is 4.74 Å². The summed E-state index contributed by atoms with van der Waals surface area (Å²) in [4.78, 5) is 0. The Balaban J connectivity index is 2.40. The number of halogens is 2. The van der Waals surface area contributed by atoms with Crippen LogP contribution < -0.4 is 4.74 Å². The summed E-state index contributed by atoms with van der Waals surface area (Å²) >= 11 is 0. The van der Waals surface area contributed by atoms with Gasteiger partial charge in [-0.05, 0) is 18.2 Å². The van der Waals surface area contributed by atoms with E-state index in [-0.39, 0.29) is 12.4 Å². The van der Waals surface area contributed by atoms with Crippen molar-refractivity contribution in [2.75, 3.05) is 13.9 Å². The molecule has 2 aromatic rings. The lowest BCUT2D eigenvalue weighted by atomic mass is 9.99. The van der Waals surface area contributed by atoms with Crippen LogP contribution in [0, 0.1) is 11.6 Å². The van der Waals surface area contributed by atoms with Gasteiger partial charge in [0.25, 0.3) is 0 Å². The number of hydrogen-bond acceptors (Lipinski definition) is 3. The van der Waals surface area contributed by atoms with Crippen LogP contribution in [0.15, 0.2) is 42.5 Å². The molecule has 106 valence electrons. The van der Waals surface area contributed by atoms with Crippen molar-refractivity contribution in [2.24, 2.45) is 0 Å². The molecule has 0 spiro atoms. The highest BCUT2D eigenvalue weighted by atomic mass is 19.1. The number of aliphatic hydroxyl groups is 1. The molecule has 2 rings (SSSR count). The molecule has 0 aliphatic rings. The Kier molecular flexibility index (Phi) is 4.65. The Labute approximate surface area is 115 Å². The van der Waals surface area contributed by atoms with Crippen LogP contribution in [0.4, 0.5) is 8.78 Å². The maximum absolute atomic E-state index is 13.7. The fourth-order valence-electron chi connectivity index (χ4n) is 1.89. The molecular formula is C15H14F2O3. The van der Waals surface area contributed by atoms with Gasteiger partial charge in [0, 0.05) is 12.7 Å². The monoisotopic (exact) mass is 280 g/mol. The first-order valence-electron chi connectivity index (χ1n) is 5.97. The number of methoxy groups -OCH3 is 1. The van der Waals surface area contributed by atoms with Crippen molar-refractivity contribution in [2.45, 2.75) is 6.10 Å². The highest BCUT2D eigenvalue weighted by molar-refractivity contribution is 5.41. The van der Waals surface area contributed by atoms with E-state index in [9.17, 15) is 13.9 Å². The van der Waals surface area contributed by atoms with Gasteiger partial charge in [0.2, 0.25) is 0 Å². The summed E-state index contributed by atoms with van der Waals surface area (Å²) in [5.41, 5.74) is -0.130. The minimum absolute atomic E-state index is 0.0243. The molecule has 1 atom stereocenters. The predicted octanol–water partition coefficient (Wildman–Crippen LogP) is 3.03. The Bertz CT molecular complexity index is 567. The molecule has 0 radical (unpaired) electrons. The van der Waals surface area contributed by atoms with Crippen molar-refractivity contribution >= 4 is 0 Å². The zero-order valence-corrected chi connectivity index (χ0v) is 10.8.